The molecule has 0 saturated heterocycles. The first-order valence-electron chi connectivity index (χ1n) is 6.15. The maximum absolute atomic E-state index is 13.6. The summed E-state index contributed by atoms with van der Waals surface area (Å²) in [6.45, 7) is 0. The molecule has 6 nitrogen and oxygen atoms in total. The maximum Gasteiger partial charge on any atom is 0.292 e. The highest BCUT2D eigenvalue weighted by atomic mass is 19.1. The van der Waals surface area contributed by atoms with E-state index in [2.05, 4.69) is 10.6 Å². The molecule has 0 saturated carbocycles. The molecule has 8 heteroatoms. The van der Waals surface area contributed by atoms with Gasteiger partial charge in [0.25, 0.3) is 11.6 Å². The van der Waals surface area contributed by atoms with E-state index in [1.54, 1.807) is 0 Å². The second-order valence-electron chi connectivity index (χ2n) is 4.32. The van der Waals surface area contributed by atoms with Gasteiger partial charge >= 0.3 is 0 Å². The fourth-order valence-corrected chi connectivity index (χ4v) is 1.82. The fourth-order valence-electron chi connectivity index (χ4n) is 1.82. The van der Waals surface area contributed by atoms with E-state index in [0.29, 0.717) is 6.07 Å². The molecule has 2 N–H and O–H groups in total. The average Bonchev–Trinajstić information content (AvgIpc) is 2.49. The van der Waals surface area contributed by atoms with Crippen LogP contribution in [0.1, 0.15) is 10.4 Å². The monoisotopic (exact) mass is 307 g/mol. The molecule has 0 atom stereocenters. The topological polar surface area (TPSA) is 84.3 Å². The first-order chi connectivity index (χ1) is 10.4. The lowest BCUT2D eigenvalue weighted by molar-refractivity contribution is -0.383. The first kappa shape index (κ1) is 15.4. The van der Waals surface area contributed by atoms with Crippen molar-refractivity contribution in [2.24, 2.45) is 0 Å². The van der Waals surface area contributed by atoms with Gasteiger partial charge in [0.05, 0.1) is 10.6 Å². The van der Waals surface area contributed by atoms with Crippen LogP contribution in [0.3, 0.4) is 0 Å². The SMILES string of the molecule is CNC(=O)c1ccc([N+](=O)[O-])c(Nc2ccc(F)cc2F)c1. The molecular formula is C14H11F2N3O3. The van der Waals surface area contributed by atoms with Gasteiger partial charge in [0.1, 0.15) is 17.3 Å². The summed E-state index contributed by atoms with van der Waals surface area (Å²) >= 11 is 0. The number of nitrogens with zero attached hydrogens (tertiary/aromatic N) is 1. The van der Waals surface area contributed by atoms with Crippen LogP contribution in [0, 0.1) is 21.7 Å². The zero-order chi connectivity index (χ0) is 16.3. The molecule has 2 aromatic carbocycles. The van der Waals surface area contributed by atoms with Crippen molar-refractivity contribution in [3.63, 3.8) is 0 Å². The Labute approximate surface area is 123 Å². The summed E-state index contributed by atoms with van der Waals surface area (Å²) in [6, 6.07) is 6.41. The molecule has 22 heavy (non-hydrogen) atoms. The second-order valence-corrected chi connectivity index (χ2v) is 4.32. The molecule has 0 fully saturated rings. The fraction of sp³-hybridized carbons (Fsp3) is 0.0714. The van der Waals surface area contributed by atoms with Crippen LogP contribution < -0.4 is 10.6 Å². The maximum atomic E-state index is 13.6. The minimum Gasteiger partial charge on any atom is -0.355 e. The Bertz CT molecular complexity index is 750. The Morgan fingerprint density at radius 2 is 1.86 bits per heavy atom. The highest BCUT2D eigenvalue weighted by molar-refractivity contribution is 5.96. The van der Waals surface area contributed by atoms with Crippen molar-refractivity contribution in [3.05, 3.63) is 63.7 Å². The molecule has 114 valence electrons. The Kier molecular flexibility index (Phi) is 4.31. The van der Waals surface area contributed by atoms with E-state index in [-0.39, 0.29) is 22.6 Å². The second kappa shape index (κ2) is 6.17. The van der Waals surface area contributed by atoms with Gasteiger partial charge in [-0.15, -0.1) is 0 Å². The normalized spacial score (nSPS) is 10.1. The quantitative estimate of drug-likeness (QED) is 0.672. The van der Waals surface area contributed by atoms with Gasteiger partial charge in [0.2, 0.25) is 0 Å². The van der Waals surface area contributed by atoms with Crippen LogP contribution in [0.25, 0.3) is 0 Å². The van der Waals surface area contributed by atoms with Crippen LogP contribution in [0.15, 0.2) is 36.4 Å². The minimum absolute atomic E-state index is 0.0726. The molecule has 1 amide bonds. The highest BCUT2D eigenvalue weighted by Gasteiger charge is 2.17. The van der Waals surface area contributed by atoms with Gasteiger partial charge in [-0.1, -0.05) is 0 Å². The van der Waals surface area contributed by atoms with Gasteiger partial charge in [-0.05, 0) is 24.3 Å². The third kappa shape index (κ3) is 3.17. The Hall–Kier alpha value is -3.03. The highest BCUT2D eigenvalue weighted by Crippen LogP contribution is 2.30. The Morgan fingerprint density at radius 3 is 2.45 bits per heavy atom. The van der Waals surface area contributed by atoms with Gasteiger partial charge in [-0.2, -0.15) is 0 Å². The third-order valence-electron chi connectivity index (χ3n) is 2.88. The lowest BCUT2D eigenvalue weighted by Gasteiger charge is -2.10. The van der Waals surface area contributed by atoms with Crippen LogP contribution >= 0.6 is 0 Å². The molecule has 2 aromatic rings. The molecular weight excluding hydrogens is 296 g/mol. The number of nitro groups is 1. The van der Waals surface area contributed by atoms with E-state index >= 15 is 0 Å². The van der Waals surface area contributed by atoms with Gasteiger partial charge in [0, 0.05) is 24.7 Å². The van der Waals surface area contributed by atoms with Crippen molar-refractivity contribution in [1.82, 2.24) is 5.32 Å². The molecule has 0 spiro atoms. The van der Waals surface area contributed by atoms with E-state index in [1.807, 2.05) is 0 Å². The number of rotatable bonds is 4. The predicted octanol–water partition coefficient (Wildman–Crippen LogP) is 2.98. The number of carbonyl (C=O) groups is 1. The van der Waals surface area contributed by atoms with Crippen molar-refractivity contribution < 1.29 is 18.5 Å². The van der Waals surface area contributed by atoms with Crippen LogP contribution in [0.5, 0.6) is 0 Å². The van der Waals surface area contributed by atoms with E-state index in [1.165, 1.54) is 19.2 Å². The predicted molar refractivity (Wildman–Crippen MR) is 76.1 cm³/mol. The summed E-state index contributed by atoms with van der Waals surface area (Å²) in [5.74, 6) is -2.12. The van der Waals surface area contributed by atoms with Gasteiger partial charge in [0.15, 0.2) is 0 Å². The molecule has 0 heterocycles. The van der Waals surface area contributed by atoms with E-state index in [0.717, 1.165) is 18.2 Å². The van der Waals surface area contributed by atoms with Crippen LogP contribution in [-0.4, -0.2) is 17.9 Å². The molecule has 0 aliphatic rings. The lowest BCUT2D eigenvalue weighted by atomic mass is 10.1. The van der Waals surface area contributed by atoms with Gasteiger partial charge < -0.3 is 10.6 Å². The number of anilines is 2. The van der Waals surface area contributed by atoms with Crippen LogP contribution in [0.2, 0.25) is 0 Å². The number of halogens is 2. The molecule has 2 rings (SSSR count). The number of hydrogen-bond donors (Lipinski definition) is 2. The van der Waals surface area contributed by atoms with Crippen molar-refractivity contribution in [3.8, 4) is 0 Å². The van der Waals surface area contributed by atoms with Crippen molar-refractivity contribution in [2.45, 2.75) is 0 Å². The largest absolute Gasteiger partial charge is 0.355 e. The molecule has 0 unspecified atom stereocenters. The van der Waals surface area contributed by atoms with Crippen molar-refractivity contribution in [1.29, 1.82) is 0 Å². The van der Waals surface area contributed by atoms with Crippen LogP contribution in [0.4, 0.5) is 25.8 Å². The summed E-state index contributed by atoms with van der Waals surface area (Å²) in [5, 5.41) is 15.9. The molecule has 0 aliphatic carbocycles. The lowest BCUT2D eigenvalue weighted by Crippen LogP contribution is -2.18. The number of benzene rings is 2. The van der Waals surface area contributed by atoms with E-state index < -0.39 is 22.5 Å². The molecule has 0 aromatic heterocycles. The molecule has 0 bridgehead atoms. The number of nitro benzene ring substituents is 1. The minimum atomic E-state index is -0.903. The van der Waals surface area contributed by atoms with E-state index in [9.17, 15) is 23.7 Å². The molecule has 0 aliphatic heterocycles. The average molecular weight is 307 g/mol. The van der Waals surface area contributed by atoms with Gasteiger partial charge in [-0.3, -0.25) is 14.9 Å². The number of hydrogen-bond acceptors (Lipinski definition) is 4. The first-order valence-corrected chi connectivity index (χ1v) is 6.15. The number of amides is 1. The number of carbonyl (C=O) groups excluding carboxylic acids is 1. The van der Waals surface area contributed by atoms with E-state index in [4.69, 9.17) is 0 Å². The number of nitrogens with one attached hydrogen (secondary N) is 2. The summed E-state index contributed by atoms with van der Waals surface area (Å²) in [6.07, 6.45) is 0. The summed E-state index contributed by atoms with van der Waals surface area (Å²) in [5.41, 5.74) is -0.385. The zero-order valence-electron chi connectivity index (χ0n) is 11.4. The summed E-state index contributed by atoms with van der Waals surface area (Å²) in [4.78, 5) is 21.9. The standard InChI is InChI=1S/C14H11F2N3O3/c1-17-14(20)8-2-5-13(19(21)22)12(6-8)18-11-4-3-9(15)7-10(11)16/h2-7,18H,1H3,(H,17,20). The smallest absolute Gasteiger partial charge is 0.292 e. The molecule has 0 radical (unpaired) electrons. The Balaban J connectivity index is 2.46. The summed E-state index contributed by atoms with van der Waals surface area (Å²) < 4.78 is 26.5. The van der Waals surface area contributed by atoms with Crippen molar-refractivity contribution in [2.75, 3.05) is 12.4 Å². The van der Waals surface area contributed by atoms with Crippen molar-refractivity contribution >= 4 is 23.0 Å². The zero-order valence-corrected chi connectivity index (χ0v) is 11.4. The third-order valence-corrected chi connectivity index (χ3v) is 2.88. The Morgan fingerprint density at radius 1 is 1.14 bits per heavy atom. The van der Waals surface area contributed by atoms with Crippen LogP contribution in [-0.2, 0) is 0 Å². The van der Waals surface area contributed by atoms with Gasteiger partial charge in [-0.25, -0.2) is 8.78 Å². The summed E-state index contributed by atoms with van der Waals surface area (Å²) in [7, 11) is 1.41.